The molecule has 0 N–H and O–H groups in total. The van der Waals surface area contributed by atoms with Gasteiger partial charge in [0.1, 0.15) is 11.4 Å². The van der Waals surface area contributed by atoms with Gasteiger partial charge in [-0.25, -0.2) is 9.18 Å². The zero-order chi connectivity index (χ0) is 30.2. The molecule has 3 rings (SSSR count). The number of ether oxygens (including phenoxy) is 1. The summed E-state index contributed by atoms with van der Waals surface area (Å²) in [5.41, 5.74) is -2.98. The first-order valence-electron chi connectivity index (χ1n) is 12.5. The molecule has 2 amide bonds. The lowest BCUT2D eigenvalue weighted by Crippen LogP contribution is -2.53. The van der Waals surface area contributed by atoms with E-state index in [1.165, 1.54) is 29.0 Å². The number of piperidine rings is 1. The maximum absolute atomic E-state index is 13.9. The Bertz CT molecular complexity index is 1220. The van der Waals surface area contributed by atoms with Crippen molar-refractivity contribution < 1.29 is 45.1 Å². The molecule has 0 saturated carbocycles. The number of carbonyl (C=O) groups excluding carboxylic acids is 2. The second-order valence-electron chi connectivity index (χ2n) is 11.0. The molecule has 40 heavy (non-hydrogen) atoms. The molecule has 0 aromatic heterocycles. The van der Waals surface area contributed by atoms with Crippen molar-refractivity contribution in [3.8, 4) is 0 Å². The monoisotopic (exact) mass is 576 g/mol. The van der Waals surface area contributed by atoms with Gasteiger partial charge in [-0.2, -0.15) is 26.3 Å². The molecule has 2 aromatic carbocycles. The van der Waals surface area contributed by atoms with E-state index in [1.54, 1.807) is 33.8 Å². The summed E-state index contributed by atoms with van der Waals surface area (Å²) in [6.07, 6.45) is -11.1. The second kappa shape index (κ2) is 11.3. The summed E-state index contributed by atoms with van der Waals surface area (Å²) in [5, 5.41) is 0. The van der Waals surface area contributed by atoms with Gasteiger partial charge in [0.05, 0.1) is 17.5 Å². The lowest BCUT2D eigenvalue weighted by molar-refractivity contribution is -0.143. The highest BCUT2D eigenvalue weighted by molar-refractivity contribution is 5.79. The van der Waals surface area contributed by atoms with Crippen LogP contribution < -0.4 is 0 Å². The number of hydrogen-bond donors (Lipinski definition) is 0. The Morgan fingerprint density at radius 3 is 2.05 bits per heavy atom. The zero-order valence-corrected chi connectivity index (χ0v) is 22.7. The number of alkyl halides is 6. The largest absolute Gasteiger partial charge is 0.444 e. The van der Waals surface area contributed by atoms with Gasteiger partial charge in [0.2, 0.25) is 5.91 Å². The van der Waals surface area contributed by atoms with Crippen LogP contribution in [0.3, 0.4) is 0 Å². The first kappa shape index (κ1) is 31.2. The average molecular weight is 577 g/mol. The first-order valence-corrected chi connectivity index (χ1v) is 12.5. The zero-order valence-electron chi connectivity index (χ0n) is 22.7. The predicted molar refractivity (Wildman–Crippen MR) is 133 cm³/mol. The number of nitrogens with zero attached hydrogens (tertiary/aromatic N) is 2. The lowest BCUT2D eigenvalue weighted by atomic mass is 9.83. The van der Waals surface area contributed by atoms with Crippen LogP contribution in [0.15, 0.2) is 36.4 Å². The molecule has 2 atom stereocenters. The van der Waals surface area contributed by atoms with E-state index in [0.29, 0.717) is 23.3 Å². The number of aryl methyl sites for hydroxylation is 1. The third kappa shape index (κ3) is 7.66. The smallest absolute Gasteiger partial charge is 0.416 e. The molecule has 220 valence electrons. The van der Waals surface area contributed by atoms with Crippen molar-refractivity contribution in [1.29, 1.82) is 0 Å². The van der Waals surface area contributed by atoms with E-state index < -0.39 is 70.8 Å². The molecule has 0 spiro atoms. The third-order valence-corrected chi connectivity index (χ3v) is 6.75. The highest BCUT2D eigenvalue weighted by atomic mass is 19.4. The summed E-state index contributed by atoms with van der Waals surface area (Å²) in [6, 6.07) is 4.60. The molecule has 1 aliphatic heterocycles. The molecule has 0 radical (unpaired) electrons. The molecular weight excluding hydrogens is 545 g/mol. The first-order chi connectivity index (χ1) is 18.3. The number of carbonyl (C=O) groups is 2. The van der Waals surface area contributed by atoms with Gasteiger partial charge in [-0.3, -0.25) is 4.79 Å². The number of amides is 2. The maximum Gasteiger partial charge on any atom is 0.416 e. The van der Waals surface area contributed by atoms with E-state index in [4.69, 9.17) is 4.74 Å². The van der Waals surface area contributed by atoms with Gasteiger partial charge in [-0.05, 0) is 81.1 Å². The molecule has 1 saturated heterocycles. The number of halogens is 7. The van der Waals surface area contributed by atoms with E-state index >= 15 is 0 Å². The summed E-state index contributed by atoms with van der Waals surface area (Å²) in [6.45, 7) is 7.10. The topological polar surface area (TPSA) is 49.9 Å². The van der Waals surface area contributed by atoms with Crippen molar-refractivity contribution in [3.05, 3.63) is 70.0 Å². The van der Waals surface area contributed by atoms with Crippen LogP contribution in [0.25, 0.3) is 0 Å². The number of likely N-dealkylation sites (N-methyl/N-ethyl adjacent to an activating group) is 1. The molecule has 12 heteroatoms. The van der Waals surface area contributed by atoms with Crippen LogP contribution in [-0.4, -0.2) is 53.6 Å². The highest BCUT2D eigenvalue weighted by Crippen LogP contribution is 2.37. The molecule has 5 nitrogen and oxygen atoms in total. The SMILES string of the molecule is Cc1cc(F)ccc1[C@H]1CN(C(=O)OC(C)(C)C)CC[C@@H]1N(C)C(=O)Cc1cc(C(F)(F)F)cc(C(F)(F)F)c1. The molecule has 0 aliphatic carbocycles. The molecule has 0 unspecified atom stereocenters. The van der Waals surface area contributed by atoms with Gasteiger partial charge in [-0.15, -0.1) is 0 Å². The van der Waals surface area contributed by atoms with Crippen molar-refractivity contribution in [3.63, 3.8) is 0 Å². The molecule has 1 fully saturated rings. The standard InChI is InChI=1S/C28H31F7N2O3/c1-16-10-20(29)6-7-21(16)22-15-37(25(39)40-26(2,3)4)9-8-23(22)36(5)24(38)13-17-11-18(27(30,31)32)14-19(12-17)28(33,34)35/h6-7,10-12,14,22-23H,8-9,13,15H2,1-5H3/t22-,23+/m1/s1. The highest BCUT2D eigenvalue weighted by Gasteiger charge is 2.40. The number of rotatable bonds is 4. The van der Waals surface area contributed by atoms with Gasteiger partial charge in [0.25, 0.3) is 0 Å². The molecule has 1 heterocycles. The van der Waals surface area contributed by atoms with Crippen LogP contribution in [0.4, 0.5) is 35.5 Å². The lowest BCUT2D eigenvalue weighted by Gasteiger charge is -2.43. The number of likely N-dealkylation sites (tertiary alicyclic amines) is 1. The Kier molecular flexibility index (Phi) is 8.81. The van der Waals surface area contributed by atoms with Crippen LogP contribution in [0.2, 0.25) is 0 Å². The third-order valence-electron chi connectivity index (χ3n) is 6.75. The van der Waals surface area contributed by atoms with Crippen molar-refractivity contribution in [2.45, 2.75) is 70.4 Å². The molecular formula is C28H31F7N2O3. The fourth-order valence-corrected chi connectivity index (χ4v) is 4.86. The Morgan fingerprint density at radius 1 is 0.975 bits per heavy atom. The Balaban J connectivity index is 1.92. The Morgan fingerprint density at radius 2 is 1.55 bits per heavy atom. The quantitative estimate of drug-likeness (QED) is 0.370. The fourth-order valence-electron chi connectivity index (χ4n) is 4.86. The Labute approximate surface area is 227 Å². The minimum atomic E-state index is -5.04. The van der Waals surface area contributed by atoms with Crippen molar-refractivity contribution in [2.75, 3.05) is 20.1 Å². The summed E-state index contributed by atoms with van der Waals surface area (Å²) >= 11 is 0. The summed E-state index contributed by atoms with van der Waals surface area (Å²) < 4.78 is 99.1. The van der Waals surface area contributed by atoms with Crippen LogP contribution in [0.1, 0.15) is 60.9 Å². The second-order valence-corrected chi connectivity index (χ2v) is 11.0. The molecule has 2 aromatic rings. The van der Waals surface area contributed by atoms with Gasteiger partial charge in [-0.1, -0.05) is 6.07 Å². The van der Waals surface area contributed by atoms with E-state index in [-0.39, 0.29) is 25.6 Å². The van der Waals surface area contributed by atoms with E-state index in [0.717, 1.165) is 0 Å². The van der Waals surface area contributed by atoms with Crippen LogP contribution in [0.5, 0.6) is 0 Å². The van der Waals surface area contributed by atoms with Gasteiger partial charge < -0.3 is 14.5 Å². The van der Waals surface area contributed by atoms with E-state index in [9.17, 15) is 40.3 Å². The van der Waals surface area contributed by atoms with E-state index in [1.807, 2.05) is 0 Å². The summed E-state index contributed by atoms with van der Waals surface area (Å²) in [4.78, 5) is 28.8. The number of hydrogen-bond acceptors (Lipinski definition) is 3. The summed E-state index contributed by atoms with van der Waals surface area (Å²) in [5.74, 6) is -1.71. The Hall–Kier alpha value is -3.31. The van der Waals surface area contributed by atoms with Crippen molar-refractivity contribution in [2.24, 2.45) is 0 Å². The minimum absolute atomic E-state index is 0.0113. The van der Waals surface area contributed by atoms with Crippen molar-refractivity contribution in [1.82, 2.24) is 9.80 Å². The summed E-state index contributed by atoms with van der Waals surface area (Å²) in [7, 11) is 1.42. The fraction of sp³-hybridized carbons (Fsp3) is 0.500. The van der Waals surface area contributed by atoms with Gasteiger partial charge in [0, 0.05) is 32.1 Å². The normalized spacial score (nSPS) is 18.4. The van der Waals surface area contributed by atoms with Crippen molar-refractivity contribution >= 4 is 12.0 Å². The van der Waals surface area contributed by atoms with Crippen LogP contribution in [0, 0.1) is 12.7 Å². The van der Waals surface area contributed by atoms with Gasteiger partial charge in [0.15, 0.2) is 0 Å². The predicted octanol–water partition coefficient (Wildman–Crippen LogP) is 6.97. The van der Waals surface area contributed by atoms with Crippen LogP contribution >= 0.6 is 0 Å². The van der Waals surface area contributed by atoms with Gasteiger partial charge >= 0.3 is 18.4 Å². The maximum atomic E-state index is 13.9. The van der Waals surface area contributed by atoms with E-state index in [2.05, 4.69) is 0 Å². The number of benzene rings is 2. The molecule has 0 bridgehead atoms. The minimum Gasteiger partial charge on any atom is -0.444 e. The average Bonchev–Trinajstić information content (AvgIpc) is 2.81. The molecule has 1 aliphatic rings. The van der Waals surface area contributed by atoms with Crippen LogP contribution in [-0.2, 0) is 28.3 Å².